The number of benzene rings is 1. The molecule has 1 spiro atoms. The average Bonchev–Trinajstić information content (AvgIpc) is 3.51. The van der Waals surface area contributed by atoms with Crippen molar-refractivity contribution in [3.05, 3.63) is 54.6 Å². The van der Waals surface area contributed by atoms with E-state index >= 15 is 0 Å². The zero-order valence-electron chi connectivity index (χ0n) is 21.9. The quantitative estimate of drug-likeness (QED) is 0.253. The lowest BCUT2D eigenvalue weighted by Gasteiger charge is -2.38. The van der Waals surface area contributed by atoms with Gasteiger partial charge >= 0.3 is 5.97 Å². The molecule has 3 heterocycles. The Hall–Kier alpha value is -2.58. The number of aryl methyl sites for hydroxylation is 2. The number of unbranched alkanes of at least 4 members (excludes halogenated alkanes) is 2. The number of para-hydroxylation sites is 1. The number of nitrogens with zero attached hydrogens (tertiary/aromatic N) is 2. The molecule has 8 heteroatoms. The van der Waals surface area contributed by atoms with E-state index in [9.17, 15) is 19.5 Å². The summed E-state index contributed by atoms with van der Waals surface area (Å²) in [7, 11) is 0. The van der Waals surface area contributed by atoms with E-state index in [0.29, 0.717) is 32.4 Å². The van der Waals surface area contributed by atoms with E-state index in [1.165, 1.54) is 6.08 Å². The van der Waals surface area contributed by atoms with Crippen molar-refractivity contribution in [2.24, 2.45) is 11.8 Å². The Morgan fingerprint density at radius 3 is 2.59 bits per heavy atom. The lowest BCUT2D eigenvalue weighted by Crippen LogP contribution is -2.55. The number of anilines is 1. The van der Waals surface area contributed by atoms with Crippen molar-refractivity contribution < 1.29 is 24.2 Å². The van der Waals surface area contributed by atoms with Crippen molar-refractivity contribution >= 4 is 35.2 Å². The lowest BCUT2D eigenvalue weighted by atomic mass is 9.71. The zero-order valence-corrected chi connectivity index (χ0v) is 22.7. The van der Waals surface area contributed by atoms with E-state index in [1.54, 1.807) is 27.6 Å². The molecule has 3 aliphatic rings. The Morgan fingerprint density at radius 1 is 1.22 bits per heavy atom. The molecule has 3 aliphatic heterocycles. The third-order valence-corrected chi connectivity index (χ3v) is 9.95. The number of amides is 2. The lowest BCUT2D eigenvalue weighted by molar-refractivity contribution is -0.153. The van der Waals surface area contributed by atoms with Crippen molar-refractivity contribution in [3.63, 3.8) is 0 Å². The van der Waals surface area contributed by atoms with Gasteiger partial charge in [-0.1, -0.05) is 36.9 Å². The van der Waals surface area contributed by atoms with Gasteiger partial charge in [0.2, 0.25) is 5.91 Å². The number of carbonyl (C=O) groups is 3. The minimum absolute atomic E-state index is 0.0360. The smallest absolute Gasteiger partial charge is 0.311 e. The third-order valence-electron chi connectivity index (χ3n) is 7.99. The summed E-state index contributed by atoms with van der Waals surface area (Å²) in [5.74, 6) is -1.76. The number of aliphatic hydroxyl groups is 1. The molecule has 0 radical (unpaired) electrons. The molecule has 200 valence electrons. The van der Waals surface area contributed by atoms with Gasteiger partial charge in [0.25, 0.3) is 5.91 Å². The van der Waals surface area contributed by atoms with Crippen LogP contribution in [0.15, 0.2) is 43.5 Å². The summed E-state index contributed by atoms with van der Waals surface area (Å²) in [6, 6.07) is 5.27. The molecule has 2 bridgehead atoms. The standard InChI is InChI=1S/C29H38N2O5S/c1-5-15-30(24-19(3)11-10-12-20(24)4)27(34)25-29-14-13-21(37-29)22(28(35)36-18-6-2)23(29)26(33)31(25)16-8-7-9-17-32/h5-6,10-12,21-23,25,32H,1-2,7-9,13-18H2,3-4H3/t21-,22+,23-,25?,29?/m0/s1. The van der Waals surface area contributed by atoms with Gasteiger partial charge < -0.3 is 19.6 Å². The summed E-state index contributed by atoms with van der Waals surface area (Å²) in [6.07, 6.45) is 6.82. The number of aliphatic hydroxyl groups excluding tert-OH is 1. The van der Waals surface area contributed by atoms with E-state index in [0.717, 1.165) is 29.7 Å². The molecule has 0 aromatic heterocycles. The molecule has 1 N–H and O–H groups in total. The Bertz CT molecular complexity index is 1050. The highest BCUT2D eigenvalue weighted by molar-refractivity contribution is 8.02. The highest BCUT2D eigenvalue weighted by Gasteiger charge is 2.74. The Morgan fingerprint density at radius 2 is 1.95 bits per heavy atom. The van der Waals surface area contributed by atoms with Crippen LogP contribution >= 0.6 is 11.8 Å². The highest BCUT2D eigenvalue weighted by atomic mass is 32.2. The number of hydrogen-bond acceptors (Lipinski definition) is 6. The number of ether oxygens (including phenoxy) is 1. The minimum Gasteiger partial charge on any atom is -0.461 e. The predicted octanol–water partition coefficient (Wildman–Crippen LogP) is 3.81. The summed E-state index contributed by atoms with van der Waals surface area (Å²) in [5.41, 5.74) is 2.81. The first-order chi connectivity index (χ1) is 17.8. The molecule has 4 rings (SSSR count). The monoisotopic (exact) mass is 526 g/mol. The van der Waals surface area contributed by atoms with Crippen molar-refractivity contribution in [1.82, 2.24) is 4.90 Å². The largest absolute Gasteiger partial charge is 0.461 e. The van der Waals surface area contributed by atoms with E-state index < -0.39 is 22.6 Å². The van der Waals surface area contributed by atoms with E-state index in [2.05, 4.69) is 13.2 Å². The van der Waals surface area contributed by atoms with Crippen LogP contribution < -0.4 is 4.90 Å². The van der Waals surface area contributed by atoms with Gasteiger partial charge in [-0.2, -0.15) is 0 Å². The molecule has 7 nitrogen and oxygen atoms in total. The molecular formula is C29H38N2O5S. The average molecular weight is 527 g/mol. The van der Waals surface area contributed by atoms with Gasteiger partial charge in [-0.15, -0.1) is 18.3 Å². The first kappa shape index (κ1) is 27.5. The van der Waals surface area contributed by atoms with Crippen LogP contribution in [0.4, 0.5) is 5.69 Å². The molecule has 0 aliphatic carbocycles. The fourth-order valence-electron chi connectivity index (χ4n) is 6.55. The summed E-state index contributed by atoms with van der Waals surface area (Å²) >= 11 is 1.64. The van der Waals surface area contributed by atoms with Gasteiger partial charge in [0.05, 0.1) is 16.6 Å². The molecule has 37 heavy (non-hydrogen) atoms. The molecular weight excluding hydrogens is 488 g/mol. The van der Waals surface area contributed by atoms with Crippen molar-refractivity contribution in [3.8, 4) is 0 Å². The fourth-order valence-corrected chi connectivity index (χ4v) is 8.75. The molecule has 2 unspecified atom stereocenters. The number of thioether (sulfide) groups is 1. The number of fused-ring (bicyclic) bond motifs is 1. The topological polar surface area (TPSA) is 87.2 Å². The first-order valence-electron chi connectivity index (χ1n) is 13.2. The van der Waals surface area contributed by atoms with Crippen LogP contribution in [0.2, 0.25) is 0 Å². The van der Waals surface area contributed by atoms with Gasteiger partial charge in [0, 0.05) is 30.6 Å². The van der Waals surface area contributed by atoms with Crippen LogP contribution in [0, 0.1) is 25.7 Å². The van der Waals surface area contributed by atoms with Gasteiger partial charge in [-0.25, -0.2) is 0 Å². The maximum atomic E-state index is 14.6. The zero-order chi connectivity index (χ0) is 26.7. The summed E-state index contributed by atoms with van der Waals surface area (Å²) in [4.78, 5) is 45.2. The molecule has 1 aromatic rings. The molecule has 3 saturated heterocycles. The number of hydrogen-bond donors (Lipinski definition) is 1. The van der Waals surface area contributed by atoms with Gasteiger partial charge in [-0.05, 0) is 57.1 Å². The second-order valence-electron chi connectivity index (χ2n) is 10.3. The van der Waals surface area contributed by atoms with Gasteiger partial charge in [-0.3, -0.25) is 14.4 Å². The molecule has 2 amide bonds. The van der Waals surface area contributed by atoms with Crippen molar-refractivity contribution in [1.29, 1.82) is 0 Å². The summed E-state index contributed by atoms with van der Waals surface area (Å²) in [6.45, 7) is 12.4. The van der Waals surface area contributed by atoms with Crippen LogP contribution in [-0.2, 0) is 19.1 Å². The van der Waals surface area contributed by atoms with E-state index in [1.807, 2.05) is 32.0 Å². The SMILES string of the molecule is C=CCOC(=O)[C@@H]1[C@@H]2CCC3(S2)C(C(=O)N(CC=C)c2c(C)cccc2C)N(CCCCCO)C(=O)[C@H]13. The third kappa shape index (κ3) is 4.74. The number of rotatable bonds is 12. The second kappa shape index (κ2) is 11.4. The van der Waals surface area contributed by atoms with Crippen LogP contribution in [0.1, 0.15) is 43.2 Å². The van der Waals surface area contributed by atoms with Crippen LogP contribution in [0.25, 0.3) is 0 Å². The van der Waals surface area contributed by atoms with Gasteiger partial charge in [0.15, 0.2) is 0 Å². The fraction of sp³-hybridized carbons (Fsp3) is 0.552. The van der Waals surface area contributed by atoms with E-state index in [-0.39, 0.29) is 36.2 Å². The molecule has 5 atom stereocenters. The predicted molar refractivity (Wildman–Crippen MR) is 146 cm³/mol. The number of carbonyl (C=O) groups excluding carboxylic acids is 3. The normalized spacial score (nSPS) is 27.8. The minimum atomic E-state index is -0.676. The molecule has 1 aromatic carbocycles. The second-order valence-corrected chi connectivity index (χ2v) is 11.9. The molecule has 3 fully saturated rings. The highest BCUT2D eigenvalue weighted by Crippen LogP contribution is 2.66. The number of likely N-dealkylation sites (tertiary alicyclic amines) is 1. The van der Waals surface area contributed by atoms with Crippen LogP contribution in [0.5, 0.6) is 0 Å². The maximum absolute atomic E-state index is 14.6. The van der Waals surface area contributed by atoms with Crippen LogP contribution in [-0.4, -0.2) is 70.1 Å². The van der Waals surface area contributed by atoms with Crippen LogP contribution in [0.3, 0.4) is 0 Å². The summed E-state index contributed by atoms with van der Waals surface area (Å²) < 4.78 is 4.77. The number of esters is 1. The Kier molecular flexibility index (Phi) is 8.49. The Labute approximate surface area is 223 Å². The molecule has 0 saturated carbocycles. The van der Waals surface area contributed by atoms with E-state index in [4.69, 9.17) is 4.74 Å². The van der Waals surface area contributed by atoms with Gasteiger partial charge in [0.1, 0.15) is 12.6 Å². The van der Waals surface area contributed by atoms with Crippen molar-refractivity contribution in [2.75, 3.05) is 31.2 Å². The maximum Gasteiger partial charge on any atom is 0.311 e. The Balaban J connectivity index is 1.75. The summed E-state index contributed by atoms with van der Waals surface area (Å²) in [5, 5.41) is 9.19. The van der Waals surface area contributed by atoms with Crippen molar-refractivity contribution in [2.45, 2.75) is 62.0 Å². The first-order valence-corrected chi connectivity index (χ1v) is 14.1.